The van der Waals surface area contributed by atoms with Crippen molar-refractivity contribution in [3.05, 3.63) is 23.3 Å². The molecule has 1 aromatic rings. The van der Waals surface area contributed by atoms with Crippen molar-refractivity contribution in [1.29, 1.82) is 0 Å². The van der Waals surface area contributed by atoms with Crippen LogP contribution in [0.2, 0.25) is 0 Å². The fourth-order valence-electron chi connectivity index (χ4n) is 2.58. The summed E-state index contributed by atoms with van der Waals surface area (Å²) >= 11 is 0. The Labute approximate surface area is 115 Å². The summed E-state index contributed by atoms with van der Waals surface area (Å²) in [5.41, 5.74) is 1.04. The Bertz CT molecular complexity index is 436. The highest BCUT2D eigenvalue weighted by atomic mass is 16.5. The molecule has 0 saturated heterocycles. The summed E-state index contributed by atoms with van der Waals surface area (Å²) in [4.78, 5) is 1.98. The fraction of sp³-hybridized carbons (Fsp3) is 0.600. The van der Waals surface area contributed by atoms with Gasteiger partial charge in [0, 0.05) is 5.56 Å². The zero-order valence-electron chi connectivity index (χ0n) is 12.9. The zero-order chi connectivity index (χ0) is 14.8. The third kappa shape index (κ3) is 3.39. The predicted molar refractivity (Wildman–Crippen MR) is 77.0 cm³/mol. The lowest BCUT2D eigenvalue weighted by atomic mass is 9.89. The molecule has 19 heavy (non-hydrogen) atoms. The molecule has 0 saturated carbocycles. The first-order chi connectivity index (χ1) is 8.72. The topological polar surface area (TPSA) is 41.9 Å². The molecule has 0 fully saturated rings. The summed E-state index contributed by atoms with van der Waals surface area (Å²) in [7, 11) is 7.16. The molecule has 1 aromatic carbocycles. The molecular formula is C15H25NO3. The minimum Gasteiger partial charge on any atom is -0.496 e. The number of methoxy groups -OCH3 is 2. The van der Waals surface area contributed by atoms with Crippen molar-refractivity contribution in [2.45, 2.75) is 32.4 Å². The molecule has 4 heteroatoms. The van der Waals surface area contributed by atoms with Crippen LogP contribution in [0.4, 0.5) is 0 Å². The van der Waals surface area contributed by atoms with E-state index in [0.29, 0.717) is 0 Å². The van der Waals surface area contributed by atoms with Gasteiger partial charge in [0.2, 0.25) is 0 Å². The van der Waals surface area contributed by atoms with Crippen LogP contribution in [0.3, 0.4) is 0 Å². The summed E-state index contributed by atoms with van der Waals surface area (Å²) < 4.78 is 10.8. The maximum Gasteiger partial charge on any atom is 0.124 e. The fourth-order valence-corrected chi connectivity index (χ4v) is 2.58. The van der Waals surface area contributed by atoms with Gasteiger partial charge in [-0.15, -0.1) is 0 Å². The molecule has 1 N–H and O–H groups in total. The van der Waals surface area contributed by atoms with Crippen LogP contribution in [0.1, 0.15) is 31.0 Å². The smallest absolute Gasteiger partial charge is 0.124 e. The van der Waals surface area contributed by atoms with Gasteiger partial charge in [0.1, 0.15) is 11.5 Å². The predicted octanol–water partition coefficient (Wildman–Crippen LogP) is 2.39. The van der Waals surface area contributed by atoms with E-state index in [9.17, 15) is 5.11 Å². The quantitative estimate of drug-likeness (QED) is 0.889. The molecule has 0 aliphatic heterocycles. The Hall–Kier alpha value is -1.26. The lowest BCUT2D eigenvalue weighted by molar-refractivity contribution is -0.00417. The van der Waals surface area contributed by atoms with E-state index < -0.39 is 5.60 Å². The van der Waals surface area contributed by atoms with Crippen LogP contribution in [0.15, 0.2) is 12.1 Å². The normalized spacial score (nSPS) is 13.5. The Kier molecular flexibility index (Phi) is 4.82. The highest BCUT2D eigenvalue weighted by Gasteiger charge is 2.33. The van der Waals surface area contributed by atoms with Crippen LogP contribution in [0, 0.1) is 6.92 Å². The molecule has 1 atom stereocenters. The monoisotopic (exact) mass is 267 g/mol. The number of hydrogen-bond acceptors (Lipinski definition) is 4. The molecule has 0 aliphatic carbocycles. The number of likely N-dealkylation sites (N-methyl/N-ethyl adjacent to an activating group) is 1. The van der Waals surface area contributed by atoms with Crippen molar-refractivity contribution in [1.82, 2.24) is 4.90 Å². The molecule has 0 heterocycles. The third-order valence-corrected chi connectivity index (χ3v) is 3.23. The number of aliphatic hydroxyl groups is 1. The van der Waals surface area contributed by atoms with E-state index in [1.54, 1.807) is 28.1 Å². The second kappa shape index (κ2) is 5.80. The van der Waals surface area contributed by atoms with Crippen LogP contribution in [0.25, 0.3) is 0 Å². The van der Waals surface area contributed by atoms with E-state index in [-0.39, 0.29) is 6.04 Å². The summed E-state index contributed by atoms with van der Waals surface area (Å²) in [6.07, 6.45) is 0. The van der Waals surface area contributed by atoms with Gasteiger partial charge >= 0.3 is 0 Å². The molecular weight excluding hydrogens is 242 g/mol. The largest absolute Gasteiger partial charge is 0.496 e. The molecule has 0 radical (unpaired) electrons. The van der Waals surface area contributed by atoms with Crippen molar-refractivity contribution in [2.75, 3.05) is 28.3 Å². The highest BCUT2D eigenvalue weighted by Crippen LogP contribution is 2.39. The van der Waals surface area contributed by atoms with Gasteiger partial charge in [-0.3, -0.25) is 4.90 Å². The van der Waals surface area contributed by atoms with Crippen LogP contribution in [-0.4, -0.2) is 43.9 Å². The summed E-state index contributed by atoms with van der Waals surface area (Å²) in [5.74, 6) is 1.56. The van der Waals surface area contributed by atoms with E-state index in [1.807, 2.05) is 38.1 Å². The number of rotatable bonds is 5. The standard InChI is InChI=1S/C15H25NO3/c1-10-8-13(19-7)11(9-12(10)18-6)14(16(4)5)15(2,3)17/h8-9,14,17H,1-7H3. The lowest BCUT2D eigenvalue weighted by Gasteiger charge is -2.36. The van der Waals surface area contributed by atoms with Gasteiger partial charge in [-0.25, -0.2) is 0 Å². The Morgan fingerprint density at radius 2 is 1.63 bits per heavy atom. The minimum atomic E-state index is -0.892. The highest BCUT2D eigenvalue weighted by molar-refractivity contribution is 5.48. The lowest BCUT2D eigenvalue weighted by Crippen LogP contribution is -2.38. The van der Waals surface area contributed by atoms with E-state index >= 15 is 0 Å². The summed E-state index contributed by atoms with van der Waals surface area (Å²) in [6, 6.07) is 3.70. The van der Waals surface area contributed by atoms with Crippen molar-refractivity contribution >= 4 is 0 Å². The zero-order valence-corrected chi connectivity index (χ0v) is 12.9. The Morgan fingerprint density at radius 1 is 1.11 bits per heavy atom. The second-order valence-electron chi connectivity index (χ2n) is 5.58. The molecule has 0 amide bonds. The van der Waals surface area contributed by atoms with Crippen molar-refractivity contribution in [2.24, 2.45) is 0 Å². The van der Waals surface area contributed by atoms with E-state index in [1.165, 1.54) is 0 Å². The first-order valence-electron chi connectivity index (χ1n) is 6.33. The summed E-state index contributed by atoms with van der Waals surface area (Å²) in [5, 5.41) is 10.4. The van der Waals surface area contributed by atoms with Gasteiger partial charge in [0.15, 0.2) is 0 Å². The molecule has 4 nitrogen and oxygen atoms in total. The van der Waals surface area contributed by atoms with Crippen molar-refractivity contribution in [3.63, 3.8) is 0 Å². The molecule has 108 valence electrons. The van der Waals surface area contributed by atoms with Gasteiger partial charge in [-0.1, -0.05) is 0 Å². The molecule has 0 bridgehead atoms. The second-order valence-corrected chi connectivity index (χ2v) is 5.58. The van der Waals surface area contributed by atoms with E-state index in [4.69, 9.17) is 9.47 Å². The van der Waals surface area contributed by atoms with E-state index in [2.05, 4.69) is 0 Å². The molecule has 0 spiro atoms. The van der Waals surface area contributed by atoms with Gasteiger partial charge in [0.25, 0.3) is 0 Å². The van der Waals surface area contributed by atoms with Gasteiger partial charge in [-0.2, -0.15) is 0 Å². The SMILES string of the molecule is COc1cc(C(N(C)C)C(C)(C)O)c(OC)cc1C. The third-order valence-electron chi connectivity index (χ3n) is 3.23. The number of nitrogens with zero attached hydrogens (tertiary/aromatic N) is 1. The minimum absolute atomic E-state index is 0.183. The first kappa shape index (κ1) is 15.8. The molecule has 1 rings (SSSR count). The Balaban J connectivity index is 3.44. The average molecular weight is 267 g/mol. The molecule has 0 aromatic heterocycles. The van der Waals surface area contributed by atoms with Gasteiger partial charge in [0.05, 0.1) is 25.9 Å². The Morgan fingerprint density at radius 3 is 2.00 bits per heavy atom. The maximum absolute atomic E-state index is 10.4. The average Bonchev–Trinajstić information content (AvgIpc) is 2.28. The van der Waals surface area contributed by atoms with Gasteiger partial charge in [-0.05, 0) is 52.6 Å². The number of benzene rings is 1. The number of aryl methyl sites for hydroxylation is 1. The van der Waals surface area contributed by atoms with Gasteiger partial charge < -0.3 is 14.6 Å². The van der Waals surface area contributed by atoms with Crippen molar-refractivity contribution < 1.29 is 14.6 Å². The number of hydrogen-bond donors (Lipinski definition) is 1. The molecule has 1 unspecified atom stereocenters. The van der Waals surface area contributed by atoms with Crippen LogP contribution in [-0.2, 0) is 0 Å². The number of ether oxygens (including phenoxy) is 2. The van der Waals surface area contributed by atoms with Crippen LogP contribution in [0.5, 0.6) is 11.5 Å². The van der Waals surface area contributed by atoms with Crippen LogP contribution >= 0.6 is 0 Å². The van der Waals surface area contributed by atoms with Crippen LogP contribution < -0.4 is 9.47 Å². The van der Waals surface area contributed by atoms with E-state index in [0.717, 1.165) is 22.6 Å². The molecule has 0 aliphatic rings. The summed E-state index contributed by atoms with van der Waals surface area (Å²) in [6.45, 7) is 5.56. The van der Waals surface area contributed by atoms with Crippen molar-refractivity contribution in [3.8, 4) is 11.5 Å². The first-order valence-corrected chi connectivity index (χ1v) is 6.33. The maximum atomic E-state index is 10.4.